The van der Waals surface area contributed by atoms with Crippen molar-refractivity contribution in [3.05, 3.63) is 77.9 Å². The second kappa shape index (κ2) is 9.45. The molecule has 0 aliphatic rings. The molecule has 0 aromatic heterocycles. The molecule has 0 spiro atoms. The van der Waals surface area contributed by atoms with Crippen LogP contribution < -0.4 is 10.5 Å². The molecule has 2 rings (SSSR count). The number of terminal acetylenes is 1. The minimum Gasteiger partial charge on any atom is -0.489 e. The van der Waals surface area contributed by atoms with E-state index in [2.05, 4.69) is 17.4 Å². The van der Waals surface area contributed by atoms with Gasteiger partial charge in [-0.1, -0.05) is 36.3 Å². The van der Waals surface area contributed by atoms with Crippen LogP contribution in [0.25, 0.3) is 0 Å². The standard InChI is InChI=1S/C22H24N2O2/c1-4-13-24(3)20(5-2)15-17-9-11-21(12-10-17)26-16-18-7-6-8-19(14-18)22(23)25/h1,5-12,14,20H,2,13,15-16H2,3H3,(H2,23,25). The molecule has 134 valence electrons. The van der Waals surface area contributed by atoms with E-state index in [1.165, 1.54) is 5.56 Å². The topological polar surface area (TPSA) is 55.6 Å². The Kier molecular flexibility index (Phi) is 7.02. The van der Waals surface area contributed by atoms with Crippen LogP contribution in [0.1, 0.15) is 21.5 Å². The molecular formula is C22H24N2O2. The van der Waals surface area contributed by atoms with Crippen LogP contribution in [0.4, 0.5) is 0 Å². The fourth-order valence-corrected chi connectivity index (χ4v) is 2.62. The van der Waals surface area contributed by atoms with Gasteiger partial charge in [0.1, 0.15) is 12.4 Å². The largest absolute Gasteiger partial charge is 0.489 e. The van der Waals surface area contributed by atoms with Crippen molar-refractivity contribution in [3.8, 4) is 18.1 Å². The molecule has 1 unspecified atom stereocenters. The van der Waals surface area contributed by atoms with Crippen molar-refractivity contribution in [3.63, 3.8) is 0 Å². The number of hydrogen-bond donors (Lipinski definition) is 1. The number of primary amides is 1. The lowest BCUT2D eigenvalue weighted by molar-refractivity contribution is 0.1000. The maximum absolute atomic E-state index is 11.2. The summed E-state index contributed by atoms with van der Waals surface area (Å²) in [5.41, 5.74) is 7.85. The van der Waals surface area contributed by atoms with Gasteiger partial charge in [0.05, 0.1) is 6.54 Å². The normalized spacial score (nSPS) is 11.6. The van der Waals surface area contributed by atoms with E-state index in [0.717, 1.165) is 17.7 Å². The number of ether oxygens (including phenoxy) is 1. The summed E-state index contributed by atoms with van der Waals surface area (Å²) in [6.45, 7) is 4.85. The fourth-order valence-electron chi connectivity index (χ4n) is 2.62. The predicted octanol–water partition coefficient (Wildman–Crippen LogP) is 3.03. The lowest BCUT2D eigenvalue weighted by Gasteiger charge is -2.23. The van der Waals surface area contributed by atoms with Crippen molar-refractivity contribution in [1.82, 2.24) is 4.90 Å². The zero-order chi connectivity index (χ0) is 18.9. The maximum atomic E-state index is 11.2. The van der Waals surface area contributed by atoms with E-state index in [0.29, 0.717) is 18.7 Å². The van der Waals surface area contributed by atoms with Gasteiger partial charge in [0.2, 0.25) is 5.91 Å². The summed E-state index contributed by atoms with van der Waals surface area (Å²) in [5, 5.41) is 0. The van der Waals surface area contributed by atoms with Crippen molar-refractivity contribution in [2.45, 2.75) is 19.1 Å². The highest BCUT2D eigenvalue weighted by molar-refractivity contribution is 5.92. The molecule has 0 saturated heterocycles. The average molecular weight is 348 g/mol. The van der Waals surface area contributed by atoms with Gasteiger partial charge in [0.25, 0.3) is 0 Å². The van der Waals surface area contributed by atoms with Gasteiger partial charge in [-0.25, -0.2) is 0 Å². The van der Waals surface area contributed by atoms with Crippen LogP contribution in [0.5, 0.6) is 5.75 Å². The van der Waals surface area contributed by atoms with E-state index in [1.807, 2.05) is 43.5 Å². The Hall–Kier alpha value is -3.03. The first-order chi connectivity index (χ1) is 12.5. The third kappa shape index (κ3) is 5.51. The zero-order valence-electron chi connectivity index (χ0n) is 15.0. The Morgan fingerprint density at radius 2 is 2.04 bits per heavy atom. The van der Waals surface area contributed by atoms with E-state index in [4.69, 9.17) is 16.9 Å². The average Bonchev–Trinajstić information content (AvgIpc) is 2.65. The van der Waals surface area contributed by atoms with Crippen LogP contribution in [0, 0.1) is 12.3 Å². The van der Waals surface area contributed by atoms with Crippen molar-refractivity contribution in [1.29, 1.82) is 0 Å². The number of carbonyl (C=O) groups excluding carboxylic acids is 1. The first-order valence-electron chi connectivity index (χ1n) is 8.40. The molecule has 1 amide bonds. The van der Waals surface area contributed by atoms with Crippen molar-refractivity contribution < 1.29 is 9.53 Å². The van der Waals surface area contributed by atoms with Crippen molar-refractivity contribution >= 4 is 5.91 Å². The number of rotatable bonds is 9. The molecule has 0 aliphatic carbocycles. The molecule has 26 heavy (non-hydrogen) atoms. The zero-order valence-corrected chi connectivity index (χ0v) is 15.0. The molecule has 0 aliphatic heterocycles. The van der Waals surface area contributed by atoms with E-state index in [1.54, 1.807) is 18.2 Å². The van der Waals surface area contributed by atoms with Crippen LogP contribution in [-0.4, -0.2) is 30.4 Å². The number of benzene rings is 2. The van der Waals surface area contributed by atoms with Crippen molar-refractivity contribution in [2.24, 2.45) is 5.73 Å². The molecule has 4 nitrogen and oxygen atoms in total. The van der Waals surface area contributed by atoms with Gasteiger partial charge < -0.3 is 10.5 Å². The number of nitrogens with two attached hydrogens (primary N) is 1. The summed E-state index contributed by atoms with van der Waals surface area (Å²) in [5.74, 6) is 2.98. The minimum atomic E-state index is -0.442. The Bertz CT molecular complexity index is 791. The van der Waals surface area contributed by atoms with Crippen LogP contribution in [-0.2, 0) is 13.0 Å². The summed E-state index contributed by atoms with van der Waals surface area (Å²) in [6, 6.07) is 15.3. The number of amides is 1. The number of likely N-dealkylation sites (N-methyl/N-ethyl adjacent to an activating group) is 1. The minimum absolute atomic E-state index is 0.189. The van der Waals surface area contributed by atoms with Gasteiger partial charge in [-0.05, 0) is 48.9 Å². The molecule has 1 atom stereocenters. The van der Waals surface area contributed by atoms with Crippen LogP contribution in [0.15, 0.2) is 61.2 Å². The summed E-state index contributed by atoms with van der Waals surface area (Å²) < 4.78 is 5.79. The third-order valence-electron chi connectivity index (χ3n) is 4.16. The van der Waals surface area contributed by atoms with E-state index < -0.39 is 5.91 Å². The number of hydrogen-bond acceptors (Lipinski definition) is 3. The Morgan fingerprint density at radius 1 is 1.31 bits per heavy atom. The summed E-state index contributed by atoms with van der Waals surface area (Å²) in [4.78, 5) is 13.3. The van der Waals surface area contributed by atoms with Crippen LogP contribution in [0.3, 0.4) is 0 Å². The monoisotopic (exact) mass is 348 g/mol. The second-order valence-corrected chi connectivity index (χ2v) is 6.12. The maximum Gasteiger partial charge on any atom is 0.248 e. The second-order valence-electron chi connectivity index (χ2n) is 6.12. The molecule has 0 bridgehead atoms. The summed E-state index contributed by atoms with van der Waals surface area (Å²) in [7, 11) is 1.99. The SMILES string of the molecule is C#CCN(C)C(C=C)Cc1ccc(OCc2cccc(C(N)=O)c2)cc1. The Labute approximate surface area is 155 Å². The first kappa shape index (κ1) is 19.3. The summed E-state index contributed by atoms with van der Waals surface area (Å²) >= 11 is 0. The van der Waals surface area contributed by atoms with Gasteiger partial charge in [-0.15, -0.1) is 13.0 Å². The summed E-state index contributed by atoms with van der Waals surface area (Å²) in [6.07, 6.45) is 8.12. The molecule has 2 N–H and O–H groups in total. The van der Waals surface area contributed by atoms with E-state index in [9.17, 15) is 4.79 Å². The highest BCUT2D eigenvalue weighted by Crippen LogP contribution is 2.17. The molecule has 0 heterocycles. The number of carbonyl (C=O) groups is 1. The third-order valence-corrected chi connectivity index (χ3v) is 4.16. The Balaban J connectivity index is 1.95. The van der Waals surface area contributed by atoms with Gasteiger partial charge >= 0.3 is 0 Å². The molecule has 2 aromatic carbocycles. The lowest BCUT2D eigenvalue weighted by Crippen LogP contribution is -2.32. The van der Waals surface area contributed by atoms with Gasteiger partial charge in [-0.3, -0.25) is 9.69 Å². The molecule has 0 fully saturated rings. The predicted molar refractivity (Wildman–Crippen MR) is 105 cm³/mol. The highest BCUT2D eigenvalue weighted by Gasteiger charge is 2.11. The van der Waals surface area contributed by atoms with E-state index >= 15 is 0 Å². The van der Waals surface area contributed by atoms with Gasteiger partial charge in [0.15, 0.2) is 0 Å². The number of nitrogens with zero attached hydrogens (tertiary/aromatic N) is 1. The highest BCUT2D eigenvalue weighted by atomic mass is 16.5. The molecule has 0 saturated carbocycles. The van der Waals surface area contributed by atoms with Crippen LogP contribution in [0.2, 0.25) is 0 Å². The van der Waals surface area contributed by atoms with Crippen molar-refractivity contribution in [2.75, 3.05) is 13.6 Å². The molecule has 2 aromatic rings. The fraction of sp³-hybridized carbons (Fsp3) is 0.227. The lowest BCUT2D eigenvalue weighted by atomic mass is 10.0. The molecule has 4 heteroatoms. The molecule has 0 radical (unpaired) electrons. The van der Waals surface area contributed by atoms with Gasteiger partial charge in [0, 0.05) is 11.6 Å². The first-order valence-corrected chi connectivity index (χ1v) is 8.40. The molecular weight excluding hydrogens is 324 g/mol. The van der Waals surface area contributed by atoms with E-state index in [-0.39, 0.29) is 6.04 Å². The quantitative estimate of drug-likeness (QED) is 0.560. The van der Waals surface area contributed by atoms with Gasteiger partial charge in [-0.2, -0.15) is 0 Å². The van der Waals surface area contributed by atoms with Crippen LogP contribution >= 0.6 is 0 Å². The smallest absolute Gasteiger partial charge is 0.248 e. The Morgan fingerprint density at radius 3 is 2.65 bits per heavy atom.